The molecule has 1 N–H and O–H groups in total. The summed E-state index contributed by atoms with van der Waals surface area (Å²) in [6.45, 7) is 16.9. The predicted molar refractivity (Wildman–Crippen MR) is 93.2 cm³/mol. The Labute approximate surface area is 134 Å². The second-order valence-electron chi connectivity index (χ2n) is 7.58. The SMILES string of the molecule is CCCc1nc(N2CC(C)C(C)C2)sc1CNC(C)(C)C. The number of aromatic nitrogens is 1. The summed E-state index contributed by atoms with van der Waals surface area (Å²) in [5.74, 6) is 1.55. The average molecular weight is 310 g/mol. The molecule has 2 heterocycles. The van der Waals surface area contributed by atoms with Gasteiger partial charge in [-0.15, -0.1) is 11.3 Å². The van der Waals surface area contributed by atoms with Crippen LogP contribution in [0.15, 0.2) is 0 Å². The maximum absolute atomic E-state index is 4.96. The van der Waals surface area contributed by atoms with Crippen LogP contribution in [0.4, 0.5) is 5.13 Å². The maximum atomic E-state index is 4.96. The molecule has 0 radical (unpaired) electrons. The summed E-state index contributed by atoms with van der Waals surface area (Å²) in [5.41, 5.74) is 1.46. The van der Waals surface area contributed by atoms with E-state index in [1.165, 1.54) is 22.1 Å². The summed E-state index contributed by atoms with van der Waals surface area (Å²) in [5, 5.41) is 4.85. The summed E-state index contributed by atoms with van der Waals surface area (Å²) < 4.78 is 0. The average Bonchev–Trinajstić information content (AvgIpc) is 2.92. The molecule has 1 aliphatic rings. The van der Waals surface area contributed by atoms with Crippen LogP contribution in [0.5, 0.6) is 0 Å². The number of nitrogens with zero attached hydrogens (tertiary/aromatic N) is 2. The van der Waals surface area contributed by atoms with Crippen molar-refractivity contribution in [1.82, 2.24) is 10.3 Å². The molecule has 2 unspecified atom stereocenters. The van der Waals surface area contributed by atoms with Gasteiger partial charge in [0.05, 0.1) is 5.69 Å². The molecule has 2 rings (SSSR count). The largest absolute Gasteiger partial charge is 0.348 e. The smallest absolute Gasteiger partial charge is 0.185 e. The van der Waals surface area contributed by atoms with Crippen molar-refractivity contribution in [3.63, 3.8) is 0 Å². The zero-order chi connectivity index (χ0) is 15.6. The molecule has 4 heteroatoms. The lowest BCUT2D eigenvalue weighted by Crippen LogP contribution is -2.35. The van der Waals surface area contributed by atoms with E-state index in [1.54, 1.807) is 0 Å². The second kappa shape index (κ2) is 6.66. The van der Waals surface area contributed by atoms with Crippen LogP contribution >= 0.6 is 11.3 Å². The molecule has 0 amide bonds. The third-order valence-corrected chi connectivity index (χ3v) is 5.45. The van der Waals surface area contributed by atoms with E-state index in [0.717, 1.165) is 37.9 Å². The van der Waals surface area contributed by atoms with E-state index < -0.39 is 0 Å². The Balaban J connectivity index is 2.13. The minimum absolute atomic E-state index is 0.157. The molecule has 2 atom stereocenters. The van der Waals surface area contributed by atoms with Gasteiger partial charge < -0.3 is 10.2 Å². The van der Waals surface area contributed by atoms with Crippen LogP contribution in [0.3, 0.4) is 0 Å². The van der Waals surface area contributed by atoms with E-state index in [2.05, 4.69) is 51.8 Å². The lowest BCUT2D eigenvalue weighted by molar-refractivity contribution is 0.425. The van der Waals surface area contributed by atoms with Crippen LogP contribution in [0.2, 0.25) is 0 Å². The van der Waals surface area contributed by atoms with Gasteiger partial charge in [0.25, 0.3) is 0 Å². The molecule has 1 aromatic heterocycles. The van der Waals surface area contributed by atoms with E-state index in [0.29, 0.717) is 0 Å². The van der Waals surface area contributed by atoms with Gasteiger partial charge in [0.15, 0.2) is 5.13 Å². The number of anilines is 1. The van der Waals surface area contributed by atoms with E-state index in [-0.39, 0.29) is 5.54 Å². The number of nitrogens with one attached hydrogen (secondary N) is 1. The van der Waals surface area contributed by atoms with Crippen LogP contribution < -0.4 is 10.2 Å². The Morgan fingerprint density at radius 3 is 2.38 bits per heavy atom. The third kappa shape index (κ3) is 4.43. The van der Waals surface area contributed by atoms with E-state index in [4.69, 9.17) is 4.98 Å². The van der Waals surface area contributed by atoms with Crippen molar-refractivity contribution < 1.29 is 0 Å². The molecule has 1 aromatic rings. The number of rotatable bonds is 5. The summed E-state index contributed by atoms with van der Waals surface area (Å²) in [7, 11) is 0. The van der Waals surface area contributed by atoms with Gasteiger partial charge in [-0.05, 0) is 39.0 Å². The van der Waals surface area contributed by atoms with Crippen LogP contribution in [0.1, 0.15) is 58.5 Å². The van der Waals surface area contributed by atoms with Gasteiger partial charge in [-0.25, -0.2) is 4.98 Å². The van der Waals surface area contributed by atoms with Gasteiger partial charge in [-0.2, -0.15) is 0 Å². The van der Waals surface area contributed by atoms with Crippen LogP contribution in [0.25, 0.3) is 0 Å². The van der Waals surface area contributed by atoms with Gasteiger partial charge >= 0.3 is 0 Å². The molecule has 0 aliphatic carbocycles. The fourth-order valence-corrected chi connectivity index (χ4v) is 3.77. The first-order valence-electron chi connectivity index (χ1n) is 8.28. The highest BCUT2D eigenvalue weighted by Crippen LogP contribution is 2.33. The van der Waals surface area contributed by atoms with E-state index >= 15 is 0 Å². The first-order valence-corrected chi connectivity index (χ1v) is 9.10. The zero-order valence-corrected chi connectivity index (χ0v) is 15.3. The highest BCUT2D eigenvalue weighted by Gasteiger charge is 2.28. The Kier molecular flexibility index (Phi) is 5.31. The molecule has 120 valence electrons. The van der Waals surface area contributed by atoms with Crippen molar-refractivity contribution in [2.45, 2.75) is 66.5 Å². The normalized spacial score (nSPS) is 23.0. The minimum Gasteiger partial charge on any atom is -0.348 e. The van der Waals surface area contributed by atoms with E-state index in [9.17, 15) is 0 Å². The van der Waals surface area contributed by atoms with Crippen LogP contribution in [-0.2, 0) is 13.0 Å². The molecule has 1 saturated heterocycles. The molecule has 3 nitrogen and oxygen atoms in total. The number of thiazole rings is 1. The molecule has 21 heavy (non-hydrogen) atoms. The molecule has 0 aromatic carbocycles. The summed E-state index contributed by atoms with van der Waals surface area (Å²) in [6.07, 6.45) is 2.26. The Hall–Kier alpha value is -0.610. The summed E-state index contributed by atoms with van der Waals surface area (Å²) >= 11 is 1.89. The standard InChI is InChI=1S/C17H31N3S/c1-7-8-14-15(9-18-17(4,5)6)21-16(19-14)20-10-12(2)13(3)11-20/h12-13,18H,7-11H2,1-6H3. The monoisotopic (exact) mass is 309 g/mol. The van der Waals surface area contributed by atoms with E-state index in [1.807, 2.05) is 11.3 Å². The van der Waals surface area contributed by atoms with Crippen molar-refractivity contribution in [2.75, 3.05) is 18.0 Å². The Bertz CT molecular complexity index is 451. The molecular weight excluding hydrogens is 278 g/mol. The van der Waals surface area contributed by atoms with Crippen molar-refractivity contribution in [1.29, 1.82) is 0 Å². The minimum atomic E-state index is 0.157. The van der Waals surface area contributed by atoms with Gasteiger partial charge in [0, 0.05) is 30.1 Å². The summed E-state index contributed by atoms with van der Waals surface area (Å²) in [4.78, 5) is 8.87. The fraction of sp³-hybridized carbons (Fsp3) is 0.824. The van der Waals surface area contributed by atoms with Crippen molar-refractivity contribution in [3.05, 3.63) is 10.6 Å². The first kappa shape index (κ1) is 16.8. The van der Waals surface area contributed by atoms with Gasteiger partial charge in [-0.1, -0.05) is 27.2 Å². The summed E-state index contributed by atoms with van der Waals surface area (Å²) in [6, 6.07) is 0. The number of aryl methyl sites for hydroxylation is 1. The molecular formula is C17H31N3S. The van der Waals surface area contributed by atoms with Crippen molar-refractivity contribution in [2.24, 2.45) is 11.8 Å². The number of hydrogen-bond donors (Lipinski definition) is 1. The highest BCUT2D eigenvalue weighted by molar-refractivity contribution is 7.15. The van der Waals surface area contributed by atoms with Crippen LogP contribution in [-0.4, -0.2) is 23.6 Å². The van der Waals surface area contributed by atoms with Gasteiger partial charge in [-0.3, -0.25) is 0 Å². The predicted octanol–water partition coefficient (Wildman–Crippen LogP) is 4.08. The zero-order valence-electron chi connectivity index (χ0n) is 14.5. The molecule has 1 aliphatic heterocycles. The molecule has 0 bridgehead atoms. The molecule has 0 saturated carbocycles. The molecule has 0 spiro atoms. The molecule has 1 fully saturated rings. The third-order valence-electron chi connectivity index (χ3n) is 4.29. The van der Waals surface area contributed by atoms with Crippen molar-refractivity contribution >= 4 is 16.5 Å². The Morgan fingerprint density at radius 2 is 1.86 bits per heavy atom. The number of hydrogen-bond acceptors (Lipinski definition) is 4. The quantitative estimate of drug-likeness (QED) is 0.888. The van der Waals surface area contributed by atoms with Gasteiger partial charge in [0.2, 0.25) is 0 Å². The first-order chi connectivity index (χ1) is 9.80. The highest BCUT2D eigenvalue weighted by atomic mass is 32.1. The fourth-order valence-electron chi connectivity index (χ4n) is 2.71. The topological polar surface area (TPSA) is 28.2 Å². The second-order valence-corrected chi connectivity index (χ2v) is 8.64. The van der Waals surface area contributed by atoms with Crippen LogP contribution in [0, 0.1) is 11.8 Å². The van der Waals surface area contributed by atoms with Crippen molar-refractivity contribution in [3.8, 4) is 0 Å². The lowest BCUT2D eigenvalue weighted by atomic mass is 10.0. The maximum Gasteiger partial charge on any atom is 0.185 e. The lowest BCUT2D eigenvalue weighted by Gasteiger charge is -2.20. The Morgan fingerprint density at radius 1 is 1.24 bits per heavy atom. The van der Waals surface area contributed by atoms with Gasteiger partial charge in [0.1, 0.15) is 0 Å².